The van der Waals surface area contributed by atoms with Crippen molar-refractivity contribution < 1.29 is 4.79 Å². The molecular formula is C17H14BrN3O. The quantitative estimate of drug-likeness (QED) is 0.736. The zero-order chi connectivity index (χ0) is 15.1. The minimum Gasteiger partial charge on any atom is -0.326 e. The zero-order valence-corrected chi connectivity index (χ0v) is 13.4. The van der Waals surface area contributed by atoms with E-state index in [4.69, 9.17) is 0 Å². The number of hydrogen-bond acceptors (Lipinski definition) is 2. The van der Waals surface area contributed by atoms with Crippen molar-refractivity contribution in [3.05, 3.63) is 58.2 Å². The fraction of sp³-hybridized carbons (Fsp3) is 0.176. The van der Waals surface area contributed by atoms with Crippen molar-refractivity contribution in [3.63, 3.8) is 0 Å². The van der Waals surface area contributed by atoms with Crippen LogP contribution in [0.3, 0.4) is 0 Å². The Morgan fingerprint density at radius 3 is 2.95 bits per heavy atom. The highest BCUT2D eigenvalue weighted by Crippen LogP contribution is 2.30. The molecule has 1 heterocycles. The summed E-state index contributed by atoms with van der Waals surface area (Å²) in [5.41, 5.74) is 4.27. The summed E-state index contributed by atoms with van der Waals surface area (Å²) < 4.78 is 1.07. The van der Waals surface area contributed by atoms with Crippen LogP contribution < -0.4 is 5.32 Å². The SMILES string of the molecule is O=C(Nc1ccc2cn[nH]c2c1)C1Cc2ccc(Br)cc2C1. The number of aromatic amines is 1. The third-order valence-electron chi connectivity index (χ3n) is 4.18. The molecular weight excluding hydrogens is 342 g/mol. The highest BCUT2D eigenvalue weighted by molar-refractivity contribution is 9.10. The van der Waals surface area contributed by atoms with E-state index in [1.807, 2.05) is 24.3 Å². The molecule has 2 aromatic carbocycles. The highest BCUT2D eigenvalue weighted by Gasteiger charge is 2.27. The summed E-state index contributed by atoms with van der Waals surface area (Å²) in [6, 6.07) is 12.0. The maximum Gasteiger partial charge on any atom is 0.228 e. The number of carbonyl (C=O) groups excluding carboxylic acids is 1. The molecule has 0 saturated carbocycles. The Labute approximate surface area is 136 Å². The number of fused-ring (bicyclic) bond motifs is 2. The van der Waals surface area contributed by atoms with Crippen LogP contribution in [0.5, 0.6) is 0 Å². The minimum atomic E-state index is 0.00163. The van der Waals surface area contributed by atoms with E-state index < -0.39 is 0 Å². The Morgan fingerprint density at radius 2 is 2.05 bits per heavy atom. The van der Waals surface area contributed by atoms with Gasteiger partial charge in [0.2, 0.25) is 5.91 Å². The van der Waals surface area contributed by atoms with E-state index in [1.165, 1.54) is 11.1 Å². The van der Waals surface area contributed by atoms with E-state index in [9.17, 15) is 4.79 Å². The third-order valence-corrected chi connectivity index (χ3v) is 4.67. The van der Waals surface area contributed by atoms with Crippen molar-refractivity contribution in [1.29, 1.82) is 0 Å². The molecule has 1 unspecified atom stereocenters. The Morgan fingerprint density at radius 1 is 1.18 bits per heavy atom. The molecule has 5 heteroatoms. The van der Waals surface area contributed by atoms with Gasteiger partial charge in [0.15, 0.2) is 0 Å². The average molecular weight is 356 g/mol. The first-order valence-electron chi connectivity index (χ1n) is 7.20. The van der Waals surface area contributed by atoms with Gasteiger partial charge in [0.05, 0.1) is 11.7 Å². The van der Waals surface area contributed by atoms with Gasteiger partial charge in [-0.25, -0.2) is 0 Å². The van der Waals surface area contributed by atoms with Crippen LogP contribution in [0.1, 0.15) is 11.1 Å². The summed E-state index contributed by atoms with van der Waals surface area (Å²) in [5, 5.41) is 11.0. The number of benzene rings is 2. The smallest absolute Gasteiger partial charge is 0.228 e. The van der Waals surface area contributed by atoms with Gasteiger partial charge in [0, 0.05) is 21.5 Å². The lowest BCUT2D eigenvalue weighted by Crippen LogP contribution is -2.23. The molecule has 4 rings (SSSR count). The van der Waals surface area contributed by atoms with Crippen molar-refractivity contribution in [2.45, 2.75) is 12.8 Å². The van der Waals surface area contributed by atoms with Crippen molar-refractivity contribution in [1.82, 2.24) is 10.2 Å². The zero-order valence-electron chi connectivity index (χ0n) is 11.8. The van der Waals surface area contributed by atoms with Crippen LogP contribution in [0.2, 0.25) is 0 Å². The number of rotatable bonds is 2. The van der Waals surface area contributed by atoms with Crippen LogP contribution in [0.25, 0.3) is 10.9 Å². The van der Waals surface area contributed by atoms with E-state index in [-0.39, 0.29) is 11.8 Å². The van der Waals surface area contributed by atoms with Crippen molar-refractivity contribution in [2.75, 3.05) is 5.32 Å². The van der Waals surface area contributed by atoms with Gasteiger partial charge in [-0.1, -0.05) is 22.0 Å². The maximum absolute atomic E-state index is 12.5. The Bertz CT molecular complexity index is 871. The number of nitrogens with one attached hydrogen (secondary N) is 2. The molecule has 0 aliphatic heterocycles. The van der Waals surface area contributed by atoms with Gasteiger partial charge in [-0.15, -0.1) is 0 Å². The van der Waals surface area contributed by atoms with Crippen LogP contribution in [-0.4, -0.2) is 16.1 Å². The molecule has 2 N–H and O–H groups in total. The number of anilines is 1. The largest absolute Gasteiger partial charge is 0.326 e. The number of H-pyrrole nitrogens is 1. The summed E-state index contributed by atoms with van der Waals surface area (Å²) >= 11 is 3.48. The predicted molar refractivity (Wildman–Crippen MR) is 89.8 cm³/mol. The minimum absolute atomic E-state index is 0.00163. The predicted octanol–water partition coefficient (Wildman–Crippen LogP) is 3.68. The lowest BCUT2D eigenvalue weighted by atomic mass is 10.1. The number of hydrogen-bond donors (Lipinski definition) is 2. The molecule has 1 amide bonds. The van der Waals surface area contributed by atoms with Crippen LogP contribution in [-0.2, 0) is 17.6 Å². The van der Waals surface area contributed by atoms with Crippen LogP contribution >= 0.6 is 15.9 Å². The number of nitrogens with zero attached hydrogens (tertiary/aromatic N) is 1. The van der Waals surface area contributed by atoms with Crippen molar-refractivity contribution >= 4 is 38.4 Å². The molecule has 0 radical (unpaired) electrons. The number of carbonyl (C=O) groups is 1. The fourth-order valence-corrected chi connectivity index (χ4v) is 3.44. The number of halogens is 1. The maximum atomic E-state index is 12.5. The Balaban J connectivity index is 1.51. The van der Waals surface area contributed by atoms with Gasteiger partial charge in [-0.3, -0.25) is 9.89 Å². The van der Waals surface area contributed by atoms with Gasteiger partial charge >= 0.3 is 0 Å². The van der Waals surface area contributed by atoms with Crippen LogP contribution in [0, 0.1) is 5.92 Å². The second-order valence-corrected chi connectivity index (χ2v) is 6.60. The lowest BCUT2D eigenvalue weighted by Gasteiger charge is -2.10. The molecule has 0 spiro atoms. The second-order valence-electron chi connectivity index (χ2n) is 5.68. The van der Waals surface area contributed by atoms with Crippen molar-refractivity contribution in [3.8, 4) is 0 Å². The molecule has 1 atom stereocenters. The number of amides is 1. The first kappa shape index (κ1) is 13.5. The average Bonchev–Trinajstić information content (AvgIpc) is 3.12. The van der Waals surface area contributed by atoms with Gasteiger partial charge in [0.25, 0.3) is 0 Å². The molecule has 22 heavy (non-hydrogen) atoms. The van der Waals surface area contributed by atoms with Crippen LogP contribution in [0.15, 0.2) is 47.1 Å². The fourth-order valence-electron chi connectivity index (χ4n) is 3.03. The van der Waals surface area contributed by atoms with E-state index in [0.29, 0.717) is 0 Å². The Hall–Kier alpha value is -2.14. The second kappa shape index (κ2) is 5.25. The summed E-state index contributed by atoms with van der Waals surface area (Å²) in [5.74, 6) is 0.0768. The standard InChI is InChI=1S/C17H14BrN3O/c18-14-3-1-10-5-13(6-12(10)7-14)17(22)20-15-4-2-11-9-19-21-16(11)8-15/h1-4,7-9,13H,5-6H2,(H,19,21)(H,20,22). The van der Waals surface area contributed by atoms with Crippen molar-refractivity contribution in [2.24, 2.45) is 5.92 Å². The third kappa shape index (κ3) is 2.41. The summed E-state index contributed by atoms with van der Waals surface area (Å²) in [7, 11) is 0. The summed E-state index contributed by atoms with van der Waals surface area (Å²) in [6.45, 7) is 0. The first-order chi connectivity index (χ1) is 10.7. The molecule has 0 saturated heterocycles. The van der Waals surface area contributed by atoms with Gasteiger partial charge in [0.1, 0.15) is 0 Å². The first-order valence-corrected chi connectivity index (χ1v) is 7.99. The summed E-state index contributed by atoms with van der Waals surface area (Å²) in [4.78, 5) is 12.5. The monoisotopic (exact) mass is 355 g/mol. The molecule has 0 bridgehead atoms. The number of aromatic nitrogens is 2. The van der Waals surface area contributed by atoms with E-state index in [1.54, 1.807) is 6.20 Å². The topological polar surface area (TPSA) is 57.8 Å². The van der Waals surface area contributed by atoms with Gasteiger partial charge in [-0.2, -0.15) is 5.10 Å². The van der Waals surface area contributed by atoms with E-state index in [2.05, 4.69) is 43.6 Å². The molecule has 1 aromatic heterocycles. The molecule has 4 nitrogen and oxygen atoms in total. The van der Waals surface area contributed by atoms with Gasteiger partial charge in [-0.05, 0) is 54.3 Å². The van der Waals surface area contributed by atoms with Crippen LogP contribution in [0.4, 0.5) is 5.69 Å². The molecule has 110 valence electrons. The molecule has 1 aliphatic rings. The molecule has 1 aliphatic carbocycles. The van der Waals surface area contributed by atoms with Gasteiger partial charge < -0.3 is 5.32 Å². The Kier molecular flexibility index (Phi) is 3.22. The highest BCUT2D eigenvalue weighted by atomic mass is 79.9. The van der Waals surface area contributed by atoms with E-state index >= 15 is 0 Å². The lowest BCUT2D eigenvalue weighted by molar-refractivity contribution is -0.119. The summed E-state index contributed by atoms with van der Waals surface area (Å²) in [6.07, 6.45) is 3.38. The van der Waals surface area contributed by atoms with E-state index in [0.717, 1.165) is 33.9 Å². The molecule has 0 fully saturated rings. The normalized spacial score (nSPS) is 16.7. The molecule has 3 aromatic rings.